The Morgan fingerprint density at radius 1 is 1.39 bits per heavy atom. The third-order valence-electron chi connectivity index (χ3n) is 3.20. The maximum absolute atomic E-state index is 12.2. The van der Waals surface area contributed by atoms with Crippen molar-refractivity contribution in [3.63, 3.8) is 0 Å². The molecule has 5 nitrogen and oxygen atoms in total. The number of halogens is 1. The highest BCUT2D eigenvalue weighted by Gasteiger charge is 2.27. The molecule has 0 radical (unpaired) electrons. The summed E-state index contributed by atoms with van der Waals surface area (Å²) < 4.78 is 0. The van der Waals surface area contributed by atoms with Crippen LogP contribution in [0.25, 0.3) is 0 Å². The van der Waals surface area contributed by atoms with Crippen molar-refractivity contribution in [1.82, 2.24) is 15.1 Å². The van der Waals surface area contributed by atoms with Crippen LogP contribution in [0.5, 0.6) is 0 Å². The zero-order valence-electron chi connectivity index (χ0n) is 10.3. The first-order valence-corrected chi connectivity index (χ1v) is 6.37. The highest BCUT2D eigenvalue weighted by atomic mass is 35.5. The lowest BCUT2D eigenvalue weighted by Gasteiger charge is -2.22. The van der Waals surface area contributed by atoms with Crippen LogP contribution in [0.4, 0.5) is 0 Å². The highest BCUT2D eigenvalue weighted by Crippen LogP contribution is 2.22. The van der Waals surface area contributed by atoms with E-state index in [1.165, 1.54) is 0 Å². The standard InChI is InChI=1S/C12H16ClN3O2/c1-12(18)5-2-7-16(8-6-12)11(17)9-3-4-10(13)15-14-9/h3-4,18H,2,5-8H2,1H3. The molecule has 18 heavy (non-hydrogen) atoms. The summed E-state index contributed by atoms with van der Waals surface area (Å²) in [4.78, 5) is 13.9. The van der Waals surface area contributed by atoms with Crippen molar-refractivity contribution in [2.24, 2.45) is 0 Å². The summed E-state index contributed by atoms with van der Waals surface area (Å²) in [6.07, 6.45) is 2.09. The van der Waals surface area contributed by atoms with Gasteiger partial charge >= 0.3 is 0 Å². The molecule has 1 aliphatic rings. The Kier molecular flexibility index (Phi) is 3.82. The van der Waals surface area contributed by atoms with Gasteiger partial charge in [0.2, 0.25) is 0 Å². The molecule has 0 aromatic carbocycles. The molecule has 2 rings (SSSR count). The van der Waals surface area contributed by atoms with Gasteiger partial charge in [-0.2, -0.15) is 0 Å². The van der Waals surface area contributed by atoms with Crippen LogP contribution < -0.4 is 0 Å². The lowest BCUT2D eigenvalue weighted by Crippen LogP contribution is -2.34. The average Bonchev–Trinajstić information content (AvgIpc) is 2.50. The minimum atomic E-state index is -0.680. The number of carbonyl (C=O) groups is 1. The number of aromatic nitrogens is 2. The summed E-state index contributed by atoms with van der Waals surface area (Å²) in [5, 5.41) is 17.7. The van der Waals surface area contributed by atoms with Crippen LogP contribution in [0, 0.1) is 0 Å². The number of likely N-dealkylation sites (tertiary alicyclic amines) is 1. The van der Waals surface area contributed by atoms with Gasteiger partial charge in [-0.05, 0) is 38.3 Å². The van der Waals surface area contributed by atoms with Gasteiger partial charge in [0.25, 0.3) is 5.91 Å². The van der Waals surface area contributed by atoms with Gasteiger partial charge in [-0.3, -0.25) is 4.79 Å². The second-order valence-electron chi connectivity index (χ2n) is 4.88. The minimum Gasteiger partial charge on any atom is -0.390 e. The Morgan fingerprint density at radius 2 is 2.17 bits per heavy atom. The van der Waals surface area contributed by atoms with Crippen molar-refractivity contribution in [2.75, 3.05) is 13.1 Å². The predicted molar refractivity (Wildman–Crippen MR) is 67.4 cm³/mol. The third-order valence-corrected chi connectivity index (χ3v) is 3.40. The van der Waals surface area contributed by atoms with Crippen LogP contribution in [-0.2, 0) is 0 Å². The fourth-order valence-corrected chi connectivity index (χ4v) is 2.16. The van der Waals surface area contributed by atoms with Crippen LogP contribution in [0.3, 0.4) is 0 Å². The maximum atomic E-state index is 12.2. The SMILES string of the molecule is CC1(O)CCCN(C(=O)c2ccc(Cl)nn2)CC1. The fraction of sp³-hybridized carbons (Fsp3) is 0.583. The maximum Gasteiger partial charge on any atom is 0.274 e. The zero-order chi connectivity index (χ0) is 13.2. The summed E-state index contributed by atoms with van der Waals surface area (Å²) in [7, 11) is 0. The predicted octanol–water partition coefficient (Wildman–Crippen LogP) is 1.51. The van der Waals surface area contributed by atoms with E-state index < -0.39 is 5.60 Å². The summed E-state index contributed by atoms with van der Waals surface area (Å²) in [5.41, 5.74) is -0.387. The van der Waals surface area contributed by atoms with Gasteiger partial charge in [0.1, 0.15) is 0 Å². The van der Waals surface area contributed by atoms with Crippen molar-refractivity contribution < 1.29 is 9.90 Å². The first kappa shape index (κ1) is 13.2. The Bertz CT molecular complexity index is 433. The molecule has 1 unspecified atom stereocenters. The van der Waals surface area contributed by atoms with E-state index in [1.54, 1.807) is 17.0 Å². The quantitative estimate of drug-likeness (QED) is 0.839. The Hall–Kier alpha value is -1.20. The molecule has 0 spiro atoms. The number of carbonyl (C=O) groups excluding carboxylic acids is 1. The Labute approximate surface area is 111 Å². The number of hydrogen-bond acceptors (Lipinski definition) is 4. The Morgan fingerprint density at radius 3 is 2.83 bits per heavy atom. The minimum absolute atomic E-state index is 0.156. The van der Waals surface area contributed by atoms with Crippen LogP contribution >= 0.6 is 11.6 Å². The smallest absolute Gasteiger partial charge is 0.274 e. The van der Waals surface area contributed by atoms with E-state index in [0.717, 1.165) is 6.42 Å². The highest BCUT2D eigenvalue weighted by molar-refractivity contribution is 6.29. The molecular weight excluding hydrogens is 254 g/mol. The molecule has 1 amide bonds. The molecule has 2 heterocycles. The molecule has 1 saturated heterocycles. The molecule has 1 aromatic heterocycles. The van der Waals surface area contributed by atoms with E-state index in [4.69, 9.17) is 11.6 Å². The van der Waals surface area contributed by atoms with Crippen LogP contribution in [0.2, 0.25) is 5.15 Å². The van der Waals surface area contributed by atoms with Crippen molar-refractivity contribution in [1.29, 1.82) is 0 Å². The molecule has 1 atom stereocenters. The van der Waals surface area contributed by atoms with Gasteiger partial charge in [-0.25, -0.2) is 0 Å². The number of nitrogens with zero attached hydrogens (tertiary/aromatic N) is 3. The summed E-state index contributed by atoms with van der Waals surface area (Å²) in [6, 6.07) is 3.12. The van der Waals surface area contributed by atoms with Crippen molar-refractivity contribution in [2.45, 2.75) is 31.8 Å². The van der Waals surface area contributed by atoms with E-state index in [9.17, 15) is 9.90 Å². The topological polar surface area (TPSA) is 66.3 Å². The fourth-order valence-electron chi connectivity index (χ4n) is 2.06. The molecule has 1 aliphatic heterocycles. The molecule has 0 saturated carbocycles. The van der Waals surface area contributed by atoms with E-state index in [0.29, 0.717) is 31.6 Å². The zero-order valence-corrected chi connectivity index (χ0v) is 11.0. The van der Waals surface area contributed by atoms with Crippen LogP contribution in [0.15, 0.2) is 12.1 Å². The summed E-state index contributed by atoms with van der Waals surface area (Å²) in [6.45, 7) is 2.98. The van der Waals surface area contributed by atoms with E-state index in [2.05, 4.69) is 10.2 Å². The van der Waals surface area contributed by atoms with Crippen molar-refractivity contribution in [3.05, 3.63) is 23.0 Å². The van der Waals surface area contributed by atoms with E-state index in [-0.39, 0.29) is 11.1 Å². The summed E-state index contributed by atoms with van der Waals surface area (Å²) in [5.74, 6) is -0.156. The molecule has 0 aliphatic carbocycles. The van der Waals surface area contributed by atoms with Gasteiger partial charge in [0, 0.05) is 13.1 Å². The lowest BCUT2D eigenvalue weighted by atomic mass is 9.98. The lowest BCUT2D eigenvalue weighted by molar-refractivity contribution is 0.0437. The average molecular weight is 270 g/mol. The number of aliphatic hydroxyl groups is 1. The first-order valence-electron chi connectivity index (χ1n) is 5.99. The molecule has 6 heteroatoms. The molecule has 1 fully saturated rings. The molecule has 0 bridgehead atoms. The van der Waals surface area contributed by atoms with Crippen LogP contribution in [0.1, 0.15) is 36.7 Å². The number of amides is 1. The summed E-state index contributed by atoms with van der Waals surface area (Å²) >= 11 is 5.63. The van der Waals surface area contributed by atoms with E-state index in [1.807, 2.05) is 6.92 Å². The van der Waals surface area contributed by atoms with E-state index >= 15 is 0 Å². The normalized spacial score (nSPS) is 24.7. The molecule has 1 aromatic rings. The van der Waals surface area contributed by atoms with Gasteiger partial charge in [-0.1, -0.05) is 11.6 Å². The number of rotatable bonds is 1. The second kappa shape index (κ2) is 5.20. The van der Waals surface area contributed by atoms with Gasteiger partial charge in [0.15, 0.2) is 10.8 Å². The van der Waals surface area contributed by atoms with Gasteiger partial charge in [0.05, 0.1) is 5.60 Å². The monoisotopic (exact) mass is 269 g/mol. The second-order valence-corrected chi connectivity index (χ2v) is 5.27. The Balaban J connectivity index is 2.07. The molecular formula is C12H16ClN3O2. The van der Waals surface area contributed by atoms with Crippen molar-refractivity contribution >= 4 is 17.5 Å². The molecule has 1 N–H and O–H groups in total. The van der Waals surface area contributed by atoms with Crippen molar-refractivity contribution in [3.8, 4) is 0 Å². The number of hydrogen-bond donors (Lipinski definition) is 1. The first-order chi connectivity index (χ1) is 8.48. The third kappa shape index (κ3) is 3.17. The van der Waals surface area contributed by atoms with Gasteiger partial charge in [-0.15, -0.1) is 10.2 Å². The molecule has 98 valence electrons. The van der Waals surface area contributed by atoms with Gasteiger partial charge < -0.3 is 10.0 Å². The van der Waals surface area contributed by atoms with Crippen LogP contribution in [-0.4, -0.2) is 44.8 Å². The largest absolute Gasteiger partial charge is 0.390 e.